The summed E-state index contributed by atoms with van der Waals surface area (Å²) in [6.45, 7) is 11.3. The summed E-state index contributed by atoms with van der Waals surface area (Å²) in [7, 11) is -4.31. The van der Waals surface area contributed by atoms with Crippen LogP contribution in [0.2, 0.25) is 0 Å². The number of nitrogens with one attached hydrogen (secondary N) is 1. The van der Waals surface area contributed by atoms with Crippen molar-refractivity contribution < 1.29 is 42.1 Å². The predicted octanol–water partition coefficient (Wildman–Crippen LogP) is 5.23. The quantitative estimate of drug-likeness (QED) is 0.248. The molecule has 0 aliphatic carbocycles. The number of nitriles is 1. The topological polar surface area (TPSA) is 168 Å². The Balaban J connectivity index is 1.63. The van der Waals surface area contributed by atoms with Gasteiger partial charge in [0, 0.05) is 31.7 Å². The Bertz CT molecular complexity index is 1620. The Morgan fingerprint density at radius 3 is 2.49 bits per heavy atom. The van der Waals surface area contributed by atoms with Crippen molar-refractivity contribution >= 4 is 27.9 Å². The van der Waals surface area contributed by atoms with Crippen molar-refractivity contribution in [3.8, 4) is 6.07 Å². The summed E-state index contributed by atoms with van der Waals surface area (Å²) in [6, 6.07) is 16.4. The highest BCUT2D eigenvalue weighted by Gasteiger charge is 2.44. The SMILES string of the molecule is CCN(C(=O)OC(C)(C)C)c1cccc(S(=O)(=O)N(CC(O)C(Cc2ccccc2)NC(=O)OC2COC3OCCC23)CC(C)(C)CCC#N)c1. The van der Waals surface area contributed by atoms with Crippen molar-refractivity contribution in [2.24, 2.45) is 11.3 Å². The standard InChI is InChI=1S/C37H52N4O9S/c1-7-41(35(44)50-36(2,3)4)27-15-11-16-28(22-27)51(45,46)40(25-37(5,6)18-12-19-38)23-31(42)30(21-26-13-9-8-10-14-26)39-34(43)49-32-24-48-33-29(32)17-20-47-33/h8-11,13-16,22,29-33,42H,7,12,17-18,20-21,23-25H2,1-6H3,(H,39,43). The molecule has 0 bridgehead atoms. The molecule has 2 aliphatic rings. The van der Waals surface area contributed by atoms with Gasteiger partial charge in [-0.05, 0) is 76.1 Å². The molecule has 51 heavy (non-hydrogen) atoms. The molecule has 0 aromatic heterocycles. The minimum Gasteiger partial charge on any atom is -0.443 e. The van der Waals surface area contributed by atoms with E-state index in [2.05, 4.69) is 11.4 Å². The van der Waals surface area contributed by atoms with E-state index in [1.165, 1.54) is 21.3 Å². The van der Waals surface area contributed by atoms with Crippen molar-refractivity contribution in [2.75, 3.05) is 37.7 Å². The number of sulfonamides is 1. The number of ether oxygens (including phenoxy) is 4. The molecule has 0 radical (unpaired) electrons. The third-order valence-electron chi connectivity index (χ3n) is 8.92. The number of rotatable bonds is 15. The number of amides is 2. The lowest BCUT2D eigenvalue weighted by Crippen LogP contribution is -2.52. The third kappa shape index (κ3) is 11.1. The monoisotopic (exact) mass is 728 g/mol. The van der Waals surface area contributed by atoms with Crippen LogP contribution in [-0.2, 0) is 35.4 Å². The summed E-state index contributed by atoms with van der Waals surface area (Å²) in [4.78, 5) is 27.5. The van der Waals surface area contributed by atoms with Crippen LogP contribution in [-0.4, -0.2) is 93.0 Å². The number of aliphatic hydroxyl groups excluding tert-OH is 1. The normalized spacial score (nSPS) is 20.3. The van der Waals surface area contributed by atoms with E-state index in [0.717, 1.165) is 5.56 Å². The molecule has 2 saturated heterocycles. The molecule has 13 nitrogen and oxygen atoms in total. The maximum atomic E-state index is 14.5. The molecule has 5 atom stereocenters. The van der Waals surface area contributed by atoms with Crippen LogP contribution in [0.25, 0.3) is 0 Å². The zero-order valence-corrected chi connectivity index (χ0v) is 31.2. The summed E-state index contributed by atoms with van der Waals surface area (Å²) >= 11 is 0. The van der Waals surface area contributed by atoms with Gasteiger partial charge in [0.1, 0.15) is 11.7 Å². The Morgan fingerprint density at radius 2 is 1.82 bits per heavy atom. The number of fused-ring (bicyclic) bond motifs is 1. The molecule has 0 spiro atoms. The van der Waals surface area contributed by atoms with E-state index in [4.69, 9.17) is 18.9 Å². The molecule has 280 valence electrons. The second kappa shape index (κ2) is 17.2. The average molecular weight is 729 g/mol. The lowest BCUT2D eigenvalue weighted by molar-refractivity contribution is -0.0907. The number of anilines is 1. The van der Waals surface area contributed by atoms with Crippen molar-refractivity contribution in [2.45, 2.75) is 102 Å². The van der Waals surface area contributed by atoms with Crippen molar-refractivity contribution in [3.05, 3.63) is 60.2 Å². The molecule has 2 heterocycles. The van der Waals surface area contributed by atoms with Gasteiger partial charge in [-0.3, -0.25) is 4.90 Å². The first-order valence-corrected chi connectivity index (χ1v) is 18.9. The molecule has 4 rings (SSSR count). The van der Waals surface area contributed by atoms with Gasteiger partial charge >= 0.3 is 12.2 Å². The number of carbonyl (C=O) groups excluding carboxylic acids is 2. The van der Waals surface area contributed by atoms with Gasteiger partial charge in [-0.15, -0.1) is 0 Å². The molecule has 2 aliphatic heterocycles. The number of hydrogen-bond acceptors (Lipinski definition) is 10. The summed E-state index contributed by atoms with van der Waals surface area (Å²) < 4.78 is 52.6. The minimum absolute atomic E-state index is 0.0349. The Kier molecular flexibility index (Phi) is 13.5. The maximum Gasteiger partial charge on any atom is 0.414 e. The Labute approximate surface area is 301 Å². The van der Waals surface area contributed by atoms with E-state index in [1.807, 2.05) is 44.2 Å². The number of carbonyl (C=O) groups is 2. The molecule has 2 aromatic carbocycles. The first-order chi connectivity index (χ1) is 24.0. The molecule has 2 aromatic rings. The fourth-order valence-electron chi connectivity index (χ4n) is 6.25. The summed E-state index contributed by atoms with van der Waals surface area (Å²) in [6.07, 6.45) is -2.18. The van der Waals surface area contributed by atoms with E-state index in [0.29, 0.717) is 25.1 Å². The van der Waals surface area contributed by atoms with E-state index in [9.17, 15) is 28.4 Å². The van der Waals surface area contributed by atoms with Gasteiger partial charge in [0.15, 0.2) is 6.29 Å². The Hall–Kier alpha value is -3.74. The third-order valence-corrected chi connectivity index (χ3v) is 10.7. The molecular weight excluding hydrogens is 676 g/mol. The molecule has 2 fully saturated rings. The average Bonchev–Trinajstić information content (AvgIpc) is 3.68. The zero-order valence-electron chi connectivity index (χ0n) is 30.4. The highest BCUT2D eigenvalue weighted by Crippen LogP contribution is 2.33. The first-order valence-electron chi connectivity index (χ1n) is 17.4. The fourth-order valence-corrected chi connectivity index (χ4v) is 7.94. The summed E-state index contributed by atoms with van der Waals surface area (Å²) in [5.74, 6) is -0.0840. The van der Waals surface area contributed by atoms with Crippen molar-refractivity contribution in [1.29, 1.82) is 5.26 Å². The molecule has 14 heteroatoms. The predicted molar refractivity (Wildman–Crippen MR) is 190 cm³/mol. The number of benzene rings is 2. The van der Waals surface area contributed by atoms with Crippen LogP contribution < -0.4 is 10.2 Å². The van der Waals surface area contributed by atoms with Crippen molar-refractivity contribution in [3.63, 3.8) is 0 Å². The molecule has 2 amide bonds. The second-order valence-electron chi connectivity index (χ2n) is 14.8. The Morgan fingerprint density at radius 1 is 1.10 bits per heavy atom. The van der Waals surface area contributed by atoms with Crippen LogP contribution in [0, 0.1) is 22.7 Å². The number of aliphatic hydroxyl groups is 1. The largest absolute Gasteiger partial charge is 0.443 e. The summed E-state index contributed by atoms with van der Waals surface area (Å²) in [5, 5.41) is 23.9. The molecule has 0 saturated carbocycles. The second-order valence-corrected chi connectivity index (χ2v) is 16.8. The number of alkyl carbamates (subject to hydrolysis) is 1. The fraction of sp³-hybridized carbons (Fsp3) is 0.595. The number of nitrogens with zero attached hydrogens (tertiary/aromatic N) is 3. The lowest BCUT2D eigenvalue weighted by atomic mass is 9.88. The van der Waals surface area contributed by atoms with Crippen LogP contribution in [0.1, 0.15) is 66.4 Å². The van der Waals surface area contributed by atoms with Gasteiger partial charge in [0.25, 0.3) is 0 Å². The number of hydrogen-bond donors (Lipinski definition) is 2. The van der Waals surface area contributed by atoms with Crippen LogP contribution in [0.15, 0.2) is 59.5 Å². The molecule has 5 unspecified atom stereocenters. The highest BCUT2D eigenvalue weighted by molar-refractivity contribution is 7.89. The van der Waals surface area contributed by atoms with Gasteiger partial charge in [-0.1, -0.05) is 50.2 Å². The minimum atomic E-state index is -4.31. The van der Waals surface area contributed by atoms with E-state index >= 15 is 0 Å². The van der Waals surface area contributed by atoms with Gasteiger partial charge in [-0.25, -0.2) is 18.0 Å². The van der Waals surface area contributed by atoms with E-state index in [-0.39, 0.29) is 49.9 Å². The maximum absolute atomic E-state index is 14.5. The van der Waals surface area contributed by atoms with Gasteiger partial charge < -0.3 is 29.4 Å². The first kappa shape index (κ1) is 40.0. The van der Waals surface area contributed by atoms with Crippen LogP contribution in [0.3, 0.4) is 0 Å². The zero-order chi connectivity index (χ0) is 37.4. The van der Waals surface area contributed by atoms with E-state index in [1.54, 1.807) is 39.8 Å². The van der Waals surface area contributed by atoms with Crippen LogP contribution >= 0.6 is 0 Å². The highest BCUT2D eigenvalue weighted by atomic mass is 32.2. The smallest absolute Gasteiger partial charge is 0.414 e. The molecule has 2 N–H and O–H groups in total. The molecular formula is C37H52N4O9S. The van der Waals surface area contributed by atoms with Gasteiger partial charge in [0.2, 0.25) is 10.0 Å². The summed E-state index contributed by atoms with van der Waals surface area (Å²) in [5.41, 5.74) is -0.274. The van der Waals surface area contributed by atoms with Crippen LogP contribution in [0.4, 0.5) is 15.3 Å². The van der Waals surface area contributed by atoms with Gasteiger partial charge in [0.05, 0.1) is 42.2 Å². The van der Waals surface area contributed by atoms with Crippen LogP contribution in [0.5, 0.6) is 0 Å². The van der Waals surface area contributed by atoms with E-state index < -0.39 is 57.8 Å². The van der Waals surface area contributed by atoms with Crippen molar-refractivity contribution in [1.82, 2.24) is 9.62 Å². The lowest BCUT2D eigenvalue weighted by Gasteiger charge is -2.35. The van der Waals surface area contributed by atoms with Gasteiger partial charge in [-0.2, -0.15) is 9.57 Å².